The lowest BCUT2D eigenvalue weighted by atomic mass is 10.1. The monoisotopic (exact) mass is 376 g/mol. The van der Waals surface area contributed by atoms with E-state index in [9.17, 15) is 0 Å². The molecule has 0 radical (unpaired) electrons. The van der Waals surface area contributed by atoms with E-state index in [1.54, 1.807) is 17.7 Å². The summed E-state index contributed by atoms with van der Waals surface area (Å²) in [5.41, 5.74) is 0. The van der Waals surface area contributed by atoms with Crippen LogP contribution < -0.4 is 10.6 Å². The van der Waals surface area contributed by atoms with Gasteiger partial charge < -0.3 is 15.2 Å². The molecule has 2 aromatic rings. The molecule has 0 aliphatic rings. The van der Waals surface area contributed by atoms with E-state index in [4.69, 9.17) is 4.99 Å². The Bertz CT molecular complexity index is 647. The topological polar surface area (TPSA) is 67.1 Å². The summed E-state index contributed by atoms with van der Waals surface area (Å²) in [6.45, 7) is 11.2. The van der Waals surface area contributed by atoms with E-state index in [0.29, 0.717) is 12.0 Å². The van der Waals surface area contributed by atoms with Crippen molar-refractivity contribution in [3.63, 3.8) is 0 Å². The third-order valence-electron chi connectivity index (χ3n) is 4.24. The second-order valence-corrected chi connectivity index (χ2v) is 7.73. The van der Waals surface area contributed by atoms with Gasteiger partial charge in [-0.05, 0) is 30.2 Å². The molecule has 0 fully saturated rings. The largest absolute Gasteiger partial charge is 0.355 e. The second kappa shape index (κ2) is 11.0. The normalized spacial score (nSPS) is 13.2. The Morgan fingerprint density at radius 1 is 1.35 bits per heavy atom. The van der Waals surface area contributed by atoms with Crippen LogP contribution >= 0.6 is 11.3 Å². The molecule has 0 aliphatic heterocycles. The Kier molecular flexibility index (Phi) is 8.61. The maximum atomic E-state index is 4.78. The maximum absolute atomic E-state index is 4.78. The number of hydrogen-bond donors (Lipinski definition) is 2. The van der Waals surface area contributed by atoms with Crippen molar-refractivity contribution in [2.24, 2.45) is 10.9 Å². The predicted octanol–water partition coefficient (Wildman–Crippen LogP) is 3.63. The summed E-state index contributed by atoms with van der Waals surface area (Å²) in [4.78, 5) is 6.13. The molecule has 7 heteroatoms. The van der Waals surface area contributed by atoms with Gasteiger partial charge in [-0.1, -0.05) is 33.8 Å². The van der Waals surface area contributed by atoms with Gasteiger partial charge in [-0.3, -0.25) is 4.99 Å². The minimum absolute atomic E-state index is 0.293. The van der Waals surface area contributed by atoms with Gasteiger partial charge >= 0.3 is 0 Å². The van der Waals surface area contributed by atoms with Crippen molar-refractivity contribution in [3.8, 4) is 0 Å². The molecule has 144 valence electrons. The van der Waals surface area contributed by atoms with Crippen molar-refractivity contribution in [2.45, 2.75) is 59.5 Å². The number of aromatic nitrogens is 3. The summed E-state index contributed by atoms with van der Waals surface area (Å²) in [6.07, 6.45) is 4.80. The number of thiophene rings is 1. The molecule has 1 unspecified atom stereocenters. The first kappa shape index (κ1) is 20.4. The van der Waals surface area contributed by atoms with Gasteiger partial charge in [0.05, 0.1) is 6.04 Å². The van der Waals surface area contributed by atoms with Crippen molar-refractivity contribution in [2.75, 3.05) is 13.1 Å². The van der Waals surface area contributed by atoms with E-state index >= 15 is 0 Å². The summed E-state index contributed by atoms with van der Waals surface area (Å²) in [7, 11) is 0. The quantitative estimate of drug-likeness (QED) is 0.491. The van der Waals surface area contributed by atoms with Gasteiger partial charge in [0, 0.05) is 30.9 Å². The number of nitrogens with one attached hydrogen (secondary N) is 2. The molecule has 6 nitrogen and oxygen atoms in total. The van der Waals surface area contributed by atoms with Gasteiger partial charge in [0.2, 0.25) is 0 Å². The number of guanidine groups is 1. The molecule has 0 amide bonds. The molecule has 2 N–H and O–H groups in total. The smallest absolute Gasteiger partial charge is 0.191 e. The molecule has 2 rings (SSSR count). The maximum Gasteiger partial charge on any atom is 0.191 e. The van der Waals surface area contributed by atoms with Gasteiger partial charge in [0.15, 0.2) is 5.96 Å². The van der Waals surface area contributed by atoms with Gasteiger partial charge in [0.1, 0.15) is 12.2 Å². The number of hydrogen-bond acceptors (Lipinski definition) is 4. The highest BCUT2D eigenvalue weighted by Gasteiger charge is 2.12. The molecular weight excluding hydrogens is 344 g/mol. The Balaban J connectivity index is 1.96. The Labute approximate surface area is 161 Å². The van der Waals surface area contributed by atoms with E-state index in [2.05, 4.69) is 70.6 Å². The summed E-state index contributed by atoms with van der Waals surface area (Å²) in [5, 5.41) is 17.3. The van der Waals surface area contributed by atoms with Crippen molar-refractivity contribution >= 4 is 17.3 Å². The highest BCUT2D eigenvalue weighted by Crippen LogP contribution is 2.21. The molecule has 1 atom stereocenters. The Morgan fingerprint density at radius 3 is 2.85 bits per heavy atom. The zero-order valence-corrected chi connectivity index (χ0v) is 17.2. The lowest BCUT2D eigenvalue weighted by Gasteiger charge is -2.20. The number of aliphatic imine (C=N–C) groups is 1. The molecule has 0 bridgehead atoms. The summed E-state index contributed by atoms with van der Waals surface area (Å²) in [6, 6.07) is 4.58. The van der Waals surface area contributed by atoms with Crippen LogP contribution in [0, 0.1) is 5.92 Å². The Hall–Kier alpha value is -1.89. The number of rotatable bonds is 10. The third kappa shape index (κ3) is 6.44. The van der Waals surface area contributed by atoms with Crippen LogP contribution in [-0.2, 0) is 13.0 Å². The first-order valence-electron chi connectivity index (χ1n) is 9.58. The van der Waals surface area contributed by atoms with E-state index in [1.165, 1.54) is 4.88 Å². The van der Waals surface area contributed by atoms with Crippen LogP contribution in [0.3, 0.4) is 0 Å². The van der Waals surface area contributed by atoms with Crippen LogP contribution in [-0.4, -0.2) is 33.8 Å². The molecule has 2 heterocycles. The standard InChI is InChI=1S/C19H32N6S/c1-5-16(17-8-7-13-26-17)23-19(20-10-9-15(3)4)21-11-12-25-14-22-24-18(25)6-2/h7-8,13-16H,5-6,9-12H2,1-4H3,(H2,20,21,23). The molecule has 0 aliphatic carbocycles. The first-order valence-corrected chi connectivity index (χ1v) is 10.5. The molecule has 26 heavy (non-hydrogen) atoms. The summed E-state index contributed by atoms with van der Waals surface area (Å²) < 4.78 is 2.09. The molecule has 0 saturated heterocycles. The molecule has 0 aromatic carbocycles. The average molecular weight is 377 g/mol. The van der Waals surface area contributed by atoms with Crippen LogP contribution in [0.1, 0.15) is 57.3 Å². The van der Waals surface area contributed by atoms with Crippen molar-refractivity contribution in [1.82, 2.24) is 25.4 Å². The van der Waals surface area contributed by atoms with Gasteiger partial charge in [0.25, 0.3) is 0 Å². The number of nitrogens with zero attached hydrogens (tertiary/aromatic N) is 4. The van der Waals surface area contributed by atoms with Gasteiger partial charge in [-0.25, -0.2) is 0 Å². The Morgan fingerprint density at radius 2 is 2.19 bits per heavy atom. The highest BCUT2D eigenvalue weighted by molar-refractivity contribution is 7.10. The fraction of sp³-hybridized carbons (Fsp3) is 0.632. The minimum atomic E-state index is 0.293. The zero-order chi connectivity index (χ0) is 18.8. The number of aryl methyl sites for hydroxylation is 1. The van der Waals surface area contributed by atoms with Crippen LogP contribution in [0.2, 0.25) is 0 Å². The van der Waals surface area contributed by atoms with Crippen LogP contribution in [0.5, 0.6) is 0 Å². The second-order valence-electron chi connectivity index (χ2n) is 6.75. The lowest BCUT2D eigenvalue weighted by molar-refractivity contribution is 0.577. The average Bonchev–Trinajstić information content (AvgIpc) is 3.30. The van der Waals surface area contributed by atoms with Crippen molar-refractivity contribution in [1.29, 1.82) is 0 Å². The van der Waals surface area contributed by atoms with E-state index < -0.39 is 0 Å². The molecule has 2 aromatic heterocycles. The van der Waals surface area contributed by atoms with E-state index in [-0.39, 0.29) is 0 Å². The van der Waals surface area contributed by atoms with Crippen molar-refractivity contribution < 1.29 is 0 Å². The van der Waals surface area contributed by atoms with Gasteiger partial charge in [-0.2, -0.15) is 0 Å². The zero-order valence-electron chi connectivity index (χ0n) is 16.4. The first-order chi connectivity index (χ1) is 12.6. The SMILES string of the molecule is CCc1nncn1CCNC(=NCCC(C)C)NC(CC)c1cccs1. The molecular formula is C19H32N6S. The molecule has 0 spiro atoms. The van der Waals surface area contributed by atoms with Crippen molar-refractivity contribution in [3.05, 3.63) is 34.5 Å². The van der Waals surface area contributed by atoms with Crippen LogP contribution in [0.4, 0.5) is 0 Å². The third-order valence-corrected chi connectivity index (χ3v) is 5.23. The summed E-state index contributed by atoms with van der Waals surface area (Å²) >= 11 is 1.79. The highest BCUT2D eigenvalue weighted by atomic mass is 32.1. The predicted molar refractivity (Wildman–Crippen MR) is 110 cm³/mol. The van der Waals surface area contributed by atoms with Crippen LogP contribution in [0.15, 0.2) is 28.8 Å². The van der Waals surface area contributed by atoms with E-state index in [1.807, 2.05) is 0 Å². The summed E-state index contributed by atoms with van der Waals surface area (Å²) in [5.74, 6) is 2.56. The van der Waals surface area contributed by atoms with E-state index in [0.717, 1.165) is 50.7 Å². The molecule has 0 saturated carbocycles. The fourth-order valence-electron chi connectivity index (χ4n) is 2.65. The lowest BCUT2D eigenvalue weighted by Crippen LogP contribution is -2.41. The fourth-order valence-corrected chi connectivity index (χ4v) is 3.51. The van der Waals surface area contributed by atoms with Crippen LogP contribution in [0.25, 0.3) is 0 Å². The van der Waals surface area contributed by atoms with Gasteiger partial charge in [-0.15, -0.1) is 21.5 Å². The minimum Gasteiger partial charge on any atom is -0.355 e.